The van der Waals surface area contributed by atoms with Gasteiger partial charge in [0, 0.05) is 0 Å². The molecule has 0 rings (SSSR count). The van der Waals surface area contributed by atoms with Crippen LogP contribution in [0.25, 0.3) is 0 Å². The van der Waals surface area contributed by atoms with E-state index < -0.39 is 0 Å². The molecular formula is C23H46. The molecule has 0 aliphatic rings. The summed E-state index contributed by atoms with van der Waals surface area (Å²) in [5.41, 5.74) is 1.63. The third kappa shape index (κ3) is 19.7. The molecule has 0 unspecified atom stereocenters. The minimum atomic E-state index is 1.32. The van der Waals surface area contributed by atoms with Crippen LogP contribution in [0.15, 0.2) is 11.6 Å². The zero-order valence-corrected chi connectivity index (χ0v) is 16.8. The molecule has 0 bridgehead atoms. The van der Waals surface area contributed by atoms with E-state index in [0.29, 0.717) is 0 Å². The highest BCUT2D eigenvalue weighted by Crippen LogP contribution is 2.14. The molecule has 0 aliphatic heterocycles. The molecule has 0 aromatic carbocycles. The van der Waals surface area contributed by atoms with E-state index in [-0.39, 0.29) is 0 Å². The highest BCUT2D eigenvalue weighted by molar-refractivity contribution is 4.97. The lowest BCUT2D eigenvalue weighted by atomic mass is 10.0. The van der Waals surface area contributed by atoms with Crippen molar-refractivity contribution >= 4 is 0 Å². The molecule has 0 atom stereocenters. The van der Waals surface area contributed by atoms with Crippen molar-refractivity contribution in [3.8, 4) is 0 Å². The summed E-state index contributed by atoms with van der Waals surface area (Å²) in [5.74, 6) is 0. The quantitative estimate of drug-likeness (QED) is 0.174. The minimum Gasteiger partial charge on any atom is -0.0856 e. The normalized spacial score (nSPS) is 12.0. The molecule has 0 aromatic rings. The van der Waals surface area contributed by atoms with E-state index in [2.05, 4.69) is 26.8 Å². The van der Waals surface area contributed by atoms with E-state index in [1.807, 2.05) is 0 Å². The molecule has 0 N–H and O–H groups in total. The summed E-state index contributed by atoms with van der Waals surface area (Å²) >= 11 is 0. The van der Waals surface area contributed by atoms with E-state index in [4.69, 9.17) is 0 Å². The van der Waals surface area contributed by atoms with E-state index in [1.165, 1.54) is 116 Å². The lowest BCUT2D eigenvalue weighted by Gasteiger charge is -2.03. The summed E-state index contributed by atoms with van der Waals surface area (Å²) in [6, 6.07) is 0. The fraction of sp³-hybridized carbons (Fsp3) is 0.913. The maximum Gasteiger partial charge on any atom is -0.0323 e. The molecule has 0 saturated heterocycles. The number of allylic oxidation sites excluding steroid dienone is 2. The topological polar surface area (TPSA) is 0 Å². The highest BCUT2D eigenvalue weighted by atomic mass is 14.0. The fourth-order valence-corrected chi connectivity index (χ4v) is 3.27. The van der Waals surface area contributed by atoms with Gasteiger partial charge in [-0.15, -0.1) is 0 Å². The number of hydrogen-bond donors (Lipinski definition) is 0. The minimum absolute atomic E-state index is 1.32. The van der Waals surface area contributed by atoms with Crippen molar-refractivity contribution in [1.29, 1.82) is 0 Å². The molecule has 0 spiro atoms. The fourth-order valence-electron chi connectivity index (χ4n) is 3.27. The smallest absolute Gasteiger partial charge is 0.0323 e. The molecule has 138 valence electrons. The predicted octanol–water partition coefficient (Wildman–Crippen LogP) is 8.99. The SMILES string of the molecule is CCCCCCCCCCCCC/C=C(\C)CCCCCCC. The summed E-state index contributed by atoms with van der Waals surface area (Å²) < 4.78 is 0. The lowest BCUT2D eigenvalue weighted by molar-refractivity contribution is 0.550. The molecule has 0 nitrogen and oxygen atoms in total. The highest BCUT2D eigenvalue weighted by Gasteiger charge is 1.94. The van der Waals surface area contributed by atoms with Crippen molar-refractivity contribution < 1.29 is 0 Å². The summed E-state index contributed by atoms with van der Waals surface area (Å²) in [6.07, 6.45) is 28.1. The standard InChI is InChI=1S/C23H46/c1-4-6-8-10-11-12-13-14-15-16-18-20-22-23(3)21-19-17-9-7-5-2/h22H,4-21H2,1-3H3/b23-22+. The molecule has 0 aromatic heterocycles. The van der Waals surface area contributed by atoms with Crippen LogP contribution in [-0.4, -0.2) is 0 Å². The maximum absolute atomic E-state index is 2.51. The monoisotopic (exact) mass is 322 g/mol. The zero-order chi connectivity index (χ0) is 17.0. The summed E-state index contributed by atoms with van der Waals surface area (Å²) in [6.45, 7) is 6.92. The van der Waals surface area contributed by atoms with Gasteiger partial charge in [0.2, 0.25) is 0 Å². The Morgan fingerprint density at radius 2 is 0.913 bits per heavy atom. The van der Waals surface area contributed by atoms with E-state index in [9.17, 15) is 0 Å². The van der Waals surface area contributed by atoms with Crippen LogP contribution < -0.4 is 0 Å². The average Bonchev–Trinajstić information content (AvgIpc) is 2.55. The second-order valence-corrected chi connectivity index (χ2v) is 7.54. The van der Waals surface area contributed by atoms with Crippen LogP contribution in [0.2, 0.25) is 0 Å². The van der Waals surface area contributed by atoms with Gasteiger partial charge in [0.25, 0.3) is 0 Å². The first-order chi connectivity index (χ1) is 11.3. The third-order valence-electron chi connectivity index (χ3n) is 4.98. The number of rotatable bonds is 18. The van der Waals surface area contributed by atoms with Crippen LogP contribution >= 0.6 is 0 Å². The van der Waals surface area contributed by atoms with Crippen molar-refractivity contribution in [1.82, 2.24) is 0 Å². The first kappa shape index (κ1) is 22.7. The number of unbranched alkanes of at least 4 members (excludes halogenated alkanes) is 15. The van der Waals surface area contributed by atoms with Crippen LogP contribution in [0.3, 0.4) is 0 Å². The van der Waals surface area contributed by atoms with Gasteiger partial charge in [0.1, 0.15) is 0 Å². The Kier molecular flexibility index (Phi) is 19.6. The second-order valence-electron chi connectivity index (χ2n) is 7.54. The first-order valence-corrected chi connectivity index (χ1v) is 11.0. The Balaban J connectivity index is 3.20. The Labute approximate surface area is 148 Å². The van der Waals surface area contributed by atoms with E-state index in [1.54, 1.807) is 5.57 Å². The Morgan fingerprint density at radius 3 is 1.39 bits per heavy atom. The van der Waals surface area contributed by atoms with Crippen LogP contribution in [0, 0.1) is 0 Å². The van der Waals surface area contributed by atoms with Gasteiger partial charge >= 0.3 is 0 Å². The molecule has 0 saturated carbocycles. The van der Waals surface area contributed by atoms with Gasteiger partial charge in [0.05, 0.1) is 0 Å². The molecular weight excluding hydrogens is 276 g/mol. The summed E-state index contributed by atoms with van der Waals surface area (Å²) in [4.78, 5) is 0. The van der Waals surface area contributed by atoms with Crippen LogP contribution in [0.5, 0.6) is 0 Å². The van der Waals surface area contributed by atoms with E-state index in [0.717, 1.165) is 0 Å². The van der Waals surface area contributed by atoms with Gasteiger partial charge in [-0.05, 0) is 32.6 Å². The van der Waals surface area contributed by atoms with Gasteiger partial charge in [-0.3, -0.25) is 0 Å². The third-order valence-corrected chi connectivity index (χ3v) is 4.98. The van der Waals surface area contributed by atoms with Gasteiger partial charge in [-0.1, -0.05) is 115 Å². The molecule has 0 radical (unpaired) electrons. The summed E-state index contributed by atoms with van der Waals surface area (Å²) in [7, 11) is 0. The second kappa shape index (κ2) is 19.8. The van der Waals surface area contributed by atoms with Crippen molar-refractivity contribution in [2.45, 2.75) is 136 Å². The molecule has 0 heteroatoms. The van der Waals surface area contributed by atoms with Gasteiger partial charge in [0.15, 0.2) is 0 Å². The Hall–Kier alpha value is -0.260. The molecule has 0 amide bonds. The summed E-state index contributed by atoms with van der Waals surface area (Å²) in [5, 5.41) is 0. The predicted molar refractivity (Wildman–Crippen MR) is 108 cm³/mol. The molecule has 0 aliphatic carbocycles. The lowest BCUT2D eigenvalue weighted by Crippen LogP contribution is -1.83. The van der Waals surface area contributed by atoms with Gasteiger partial charge in [-0.25, -0.2) is 0 Å². The largest absolute Gasteiger partial charge is 0.0856 e. The van der Waals surface area contributed by atoms with Crippen molar-refractivity contribution in [3.63, 3.8) is 0 Å². The van der Waals surface area contributed by atoms with Crippen LogP contribution in [0.1, 0.15) is 136 Å². The van der Waals surface area contributed by atoms with E-state index >= 15 is 0 Å². The maximum atomic E-state index is 2.51. The van der Waals surface area contributed by atoms with Gasteiger partial charge in [-0.2, -0.15) is 0 Å². The van der Waals surface area contributed by atoms with Crippen LogP contribution in [0.4, 0.5) is 0 Å². The molecule has 0 heterocycles. The Morgan fingerprint density at radius 1 is 0.522 bits per heavy atom. The average molecular weight is 323 g/mol. The number of hydrogen-bond acceptors (Lipinski definition) is 0. The molecule has 23 heavy (non-hydrogen) atoms. The zero-order valence-electron chi connectivity index (χ0n) is 16.8. The van der Waals surface area contributed by atoms with Gasteiger partial charge < -0.3 is 0 Å². The molecule has 0 fully saturated rings. The Bertz CT molecular complexity index is 238. The van der Waals surface area contributed by atoms with Crippen LogP contribution in [-0.2, 0) is 0 Å². The van der Waals surface area contributed by atoms with Crippen molar-refractivity contribution in [2.24, 2.45) is 0 Å². The van der Waals surface area contributed by atoms with Crippen molar-refractivity contribution in [3.05, 3.63) is 11.6 Å². The van der Waals surface area contributed by atoms with Crippen molar-refractivity contribution in [2.75, 3.05) is 0 Å². The first-order valence-electron chi connectivity index (χ1n) is 11.0.